The molecule has 1 fully saturated rings. The molecule has 1 atom stereocenters. The van der Waals surface area contributed by atoms with Gasteiger partial charge >= 0.3 is 6.03 Å². The highest BCUT2D eigenvalue weighted by molar-refractivity contribution is 5.74. The van der Waals surface area contributed by atoms with Gasteiger partial charge in [-0.05, 0) is 12.3 Å². The molecule has 6 nitrogen and oxygen atoms in total. The van der Waals surface area contributed by atoms with E-state index in [2.05, 4.69) is 15.5 Å². The predicted octanol–water partition coefficient (Wildman–Crippen LogP) is 0.0189. The summed E-state index contributed by atoms with van der Waals surface area (Å²) in [5, 5.41) is 10.6. The molecule has 88 valence electrons. The zero-order chi connectivity index (χ0) is 11.5. The molecular weight excluding hydrogens is 206 g/mol. The number of likely N-dealkylation sites (tertiary alicyclic amines) is 1. The second kappa shape index (κ2) is 4.51. The molecule has 1 aliphatic heterocycles. The number of rotatable bonds is 2. The second-order valence-corrected chi connectivity index (χ2v) is 4.22. The van der Waals surface area contributed by atoms with Gasteiger partial charge < -0.3 is 14.8 Å². The molecule has 1 aromatic rings. The van der Waals surface area contributed by atoms with Crippen LogP contribution < -0.4 is 5.32 Å². The standard InChI is InChI=1S/C10H17N5O/c1-11-10(16)15-4-3-8(6-15)5-9-13-12-7-14(9)2/h7-8H,3-6H2,1-2H3,(H,11,16). The Morgan fingerprint density at radius 3 is 3.12 bits per heavy atom. The Balaban J connectivity index is 1.90. The van der Waals surface area contributed by atoms with E-state index in [9.17, 15) is 4.79 Å². The van der Waals surface area contributed by atoms with Crippen LogP contribution in [-0.2, 0) is 13.5 Å². The predicted molar refractivity (Wildman–Crippen MR) is 58.8 cm³/mol. The molecule has 0 aromatic carbocycles. The van der Waals surface area contributed by atoms with Crippen molar-refractivity contribution in [3.63, 3.8) is 0 Å². The van der Waals surface area contributed by atoms with Crippen molar-refractivity contribution in [1.29, 1.82) is 0 Å². The highest BCUT2D eigenvalue weighted by atomic mass is 16.2. The van der Waals surface area contributed by atoms with Crippen molar-refractivity contribution in [3.05, 3.63) is 12.2 Å². The monoisotopic (exact) mass is 223 g/mol. The molecule has 0 saturated carbocycles. The molecule has 0 spiro atoms. The minimum absolute atomic E-state index is 0.0143. The van der Waals surface area contributed by atoms with E-state index in [1.807, 2.05) is 16.5 Å². The van der Waals surface area contributed by atoms with Crippen molar-refractivity contribution in [2.45, 2.75) is 12.8 Å². The Morgan fingerprint density at radius 1 is 1.69 bits per heavy atom. The summed E-state index contributed by atoms with van der Waals surface area (Å²) in [7, 11) is 3.61. The lowest BCUT2D eigenvalue weighted by molar-refractivity contribution is 0.209. The molecule has 0 radical (unpaired) electrons. The number of aryl methyl sites for hydroxylation is 1. The maximum absolute atomic E-state index is 11.4. The van der Waals surface area contributed by atoms with Crippen LogP contribution in [0.15, 0.2) is 6.33 Å². The highest BCUT2D eigenvalue weighted by Crippen LogP contribution is 2.19. The minimum Gasteiger partial charge on any atom is -0.341 e. The minimum atomic E-state index is 0.0143. The Hall–Kier alpha value is -1.59. The first-order chi connectivity index (χ1) is 7.70. The summed E-state index contributed by atoms with van der Waals surface area (Å²) in [6.07, 6.45) is 3.64. The SMILES string of the molecule is CNC(=O)N1CCC(Cc2nncn2C)C1. The number of aromatic nitrogens is 3. The summed E-state index contributed by atoms with van der Waals surface area (Å²) in [6.45, 7) is 1.65. The van der Waals surface area contributed by atoms with Gasteiger partial charge in [0.25, 0.3) is 0 Å². The van der Waals surface area contributed by atoms with Gasteiger partial charge in [0.2, 0.25) is 0 Å². The fourth-order valence-corrected chi connectivity index (χ4v) is 2.09. The van der Waals surface area contributed by atoms with E-state index in [-0.39, 0.29) is 6.03 Å². The number of urea groups is 1. The lowest BCUT2D eigenvalue weighted by Crippen LogP contribution is -2.36. The van der Waals surface area contributed by atoms with Crippen molar-refractivity contribution in [2.24, 2.45) is 13.0 Å². The lowest BCUT2D eigenvalue weighted by atomic mass is 10.0. The van der Waals surface area contributed by atoms with Crippen molar-refractivity contribution in [2.75, 3.05) is 20.1 Å². The summed E-state index contributed by atoms with van der Waals surface area (Å²) < 4.78 is 1.93. The average molecular weight is 223 g/mol. The Morgan fingerprint density at radius 2 is 2.50 bits per heavy atom. The van der Waals surface area contributed by atoms with Crippen molar-refractivity contribution < 1.29 is 4.79 Å². The lowest BCUT2D eigenvalue weighted by Gasteiger charge is -2.15. The first-order valence-corrected chi connectivity index (χ1v) is 5.50. The number of amides is 2. The van der Waals surface area contributed by atoms with Crippen LogP contribution in [-0.4, -0.2) is 45.8 Å². The van der Waals surface area contributed by atoms with Crippen LogP contribution in [0.5, 0.6) is 0 Å². The molecular formula is C10H17N5O. The third-order valence-electron chi connectivity index (χ3n) is 3.06. The molecule has 1 aromatic heterocycles. The van der Waals surface area contributed by atoms with E-state index in [1.54, 1.807) is 13.4 Å². The summed E-state index contributed by atoms with van der Waals surface area (Å²) in [6, 6.07) is 0.0143. The third kappa shape index (κ3) is 2.15. The quantitative estimate of drug-likeness (QED) is 0.768. The molecule has 2 heterocycles. The van der Waals surface area contributed by atoms with Gasteiger partial charge in [0.05, 0.1) is 0 Å². The van der Waals surface area contributed by atoms with Crippen molar-refractivity contribution in [1.82, 2.24) is 25.0 Å². The van der Waals surface area contributed by atoms with E-state index in [4.69, 9.17) is 0 Å². The topological polar surface area (TPSA) is 63.1 Å². The Labute approximate surface area is 94.6 Å². The van der Waals surface area contributed by atoms with Gasteiger partial charge in [-0.1, -0.05) is 0 Å². The normalized spacial score (nSPS) is 20.1. The Kier molecular flexibility index (Phi) is 3.07. The summed E-state index contributed by atoms with van der Waals surface area (Å²) in [5.41, 5.74) is 0. The molecule has 1 unspecified atom stereocenters. The number of nitrogens with zero attached hydrogens (tertiary/aromatic N) is 4. The molecule has 16 heavy (non-hydrogen) atoms. The van der Waals surface area contributed by atoms with Gasteiger partial charge in [-0.2, -0.15) is 0 Å². The van der Waals surface area contributed by atoms with Crippen LogP contribution >= 0.6 is 0 Å². The third-order valence-corrected chi connectivity index (χ3v) is 3.06. The first kappa shape index (κ1) is 10.9. The molecule has 0 bridgehead atoms. The zero-order valence-corrected chi connectivity index (χ0v) is 9.68. The molecule has 6 heteroatoms. The van der Waals surface area contributed by atoms with Gasteiger partial charge in [0.1, 0.15) is 12.2 Å². The highest BCUT2D eigenvalue weighted by Gasteiger charge is 2.26. The van der Waals surface area contributed by atoms with Gasteiger partial charge in [0.15, 0.2) is 0 Å². The molecule has 2 amide bonds. The van der Waals surface area contributed by atoms with Crippen molar-refractivity contribution in [3.8, 4) is 0 Å². The first-order valence-electron chi connectivity index (χ1n) is 5.50. The number of carbonyl (C=O) groups excluding carboxylic acids is 1. The fraction of sp³-hybridized carbons (Fsp3) is 0.700. The molecule has 1 N–H and O–H groups in total. The number of hydrogen-bond acceptors (Lipinski definition) is 3. The number of carbonyl (C=O) groups is 1. The van der Waals surface area contributed by atoms with Crippen LogP contribution in [0.1, 0.15) is 12.2 Å². The van der Waals surface area contributed by atoms with Crippen LogP contribution in [0.25, 0.3) is 0 Å². The van der Waals surface area contributed by atoms with Gasteiger partial charge in [-0.15, -0.1) is 10.2 Å². The van der Waals surface area contributed by atoms with E-state index in [1.165, 1.54) is 0 Å². The van der Waals surface area contributed by atoms with Crippen LogP contribution in [0, 0.1) is 5.92 Å². The van der Waals surface area contributed by atoms with Gasteiger partial charge in [-0.3, -0.25) is 0 Å². The summed E-state index contributed by atoms with van der Waals surface area (Å²) in [4.78, 5) is 13.3. The maximum atomic E-state index is 11.4. The average Bonchev–Trinajstić information content (AvgIpc) is 2.89. The summed E-state index contributed by atoms with van der Waals surface area (Å²) in [5.74, 6) is 1.49. The molecule has 1 aliphatic rings. The van der Waals surface area contributed by atoms with E-state index in [0.29, 0.717) is 5.92 Å². The summed E-state index contributed by atoms with van der Waals surface area (Å²) >= 11 is 0. The van der Waals surface area contributed by atoms with E-state index in [0.717, 1.165) is 31.8 Å². The maximum Gasteiger partial charge on any atom is 0.317 e. The molecule has 1 saturated heterocycles. The zero-order valence-electron chi connectivity index (χ0n) is 9.68. The molecule has 0 aliphatic carbocycles. The molecule has 2 rings (SSSR count). The number of hydrogen-bond donors (Lipinski definition) is 1. The number of nitrogens with one attached hydrogen (secondary N) is 1. The largest absolute Gasteiger partial charge is 0.341 e. The van der Waals surface area contributed by atoms with Crippen LogP contribution in [0.4, 0.5) is 4.79 Å². The van der Waals surface area contributed by atoms with Crippen LogP contribution in [0.2, 0.25) is 0 Å². The Bertz CT molecular complexity index is 375. The van der Waals surface area contributed by atoms with Gasteiger partial charge in [0, 0.05) is 33.6 Å². The van der Waals surface area contributed by atoms with Crippen LogP contribution in [0.3, 0.4) is 0 Å². The van der Waals surface area contributed by atoms with E-state index < -0.39 is 0 Å². The van der Waals surface area contributed by atoms with Crippen molar-refractivity contribution >= 4 is 6.03 Å². The van der Waals surface area contributed by atoms with Gasteiger partial charge in [-0.25, -0.2) is 4.79 Å². The smallest absolute Gasteiger partial charge is 0.317 e. The second-order valence-electron chi connectivity index (χ2n) is 4.22. The fourth-order valence-electron chi connectivity index (χ4n) is 2.09. The van der Waals surface area contributed by atoms with E-state index >= 15 is 0 Å².